The first-order chi connectivity index (χ1) is 22.7. The smallest absolute Gasteiger partial charge is 0.237 e. The lowest BCUT2D eigenvalue weighted by Gasteiger charge is -2.41. The van der Waals surface area contributed by atoms with Gasteiger partial charge in [-0.25, -0.2) is 0 Å². The first kappa shape index (κ1) is 36.1. The number of hydrogen-bond donors (Lipinski definition) is 5. The summed E-state index contributed by atoms with van der Waals surface area (Å²) in [7, 11) is 1.63. The van der Waals surface area contributed by atoms with E-state index in [1.807, 2.05) is 104 Å². The maximum absolute atomic E-state index is 14.3. The molecule has 0 radical (unpaired) electrons. The number of nitrogens with one attached hydrogen (secondary N) is 3. The Labute approximate surface area is 279 Å². The summed E-state index contributed by atoms with van der Waals surface area (Å²) in [5.74, 6) is 0.299. The topological polar surface area (TPSA) is 123 Å². The van der Waals surface area contributed by atoms with Crippen molar-refractivity contribution < 1.29 is 24.5 Å². The van der Waals surface area contributed by atoms with Gasteiger partial charge >= 0.3 is 0 Å². The summed E-state index contributed by atoms with van der Waals surface area (Å²) in [5, 5.41) is 32.9. The zero-order chi connectivity index (χ0) is 33.8. The molecule has 9 nitrogen and oxygen atoms in total. The summed E-state index contributed by atoms with van der Waals surface area (Å²) in [5.41, 5.74) is 2.25. The number of aliphatic hydroxyl groups is 2. The van der Waals surface area contributed by atoms with Gasteiger partial charge in [-0.05, 0) is 60.4 Å². The minimum absolute atomic E-state index is 0.00690. The number of benzene rings is 3. The van der Waals surface area contributed by atoms with Gasteiger partial charge in [-0.15, -0.1) is 0 Å². The predicted octanol–water partition coefficient (Wildman–Crippen LogP) is 3.82. The standard InChI is InChI=1S/C38H52N4O5/c1-5-27(2)38(41-28(3)43)21-22-42(37(38)46)34(20-19-29-13-8-6-9-14-29)36(45)40-33(24-30-15-10-7-11-16-30)35(44)26-39-25-31-17-12-18-32(23-31)47-4/h6-18,23,27,33-35,37,39,44,46H,5,19-22,24-26H2,1-4H3,(H,40,45)(H,41,43)/t27-,33-,34-,35+,37?,38-/m0/s1. The number of ether oxygens (including phenoxy) is 1. The second-order valence-electron chi connectivity index (χ2n) is 12.8. The lowest BCUT2D eigenvalue weighted by molar-refractivity contribution is -0.136. The monoisotopic (exact) mass is 644 g/mol. The predicted molar refractivity (Wildman–Crippen MR) is 185 cm³/mol. The highest BCUT2D eigenvalue weighted by molar-refractivity contribution is 5.82. The van der Waals surface area contributed by atoms with Crippen LogP contribution in [0.25, 0.3) is 0 Å². The van der Waals surface area contributed by atoms with Crippen LogP contribution in [-0.4, -0.2) is 77.1 Å². The third kappa shape index (κ3) is 9.64. The third-order valence-electron chi connectivity index (χ3n) is 9.62. The van der Waals surface area contributed by atoms with Crippen LogP contribution < -0.4 is 20.7 Å². The number of methoxy groups -OCH3 is 1. The molecule has 1 heterocycles. The lowest BCUT2D eigenvalue weighted by atomic mass is 9.81. The molecule has 9 heteroatoms. The highest BCUT2D eigenvalue weighted by Gasteiger charge is 2.53. The Morgan fingerprint density at radius 2 is 1.66 bits per heavy atom. The molecular weight excluding hydrogens is 592 g/mol. The normalized spacial score (nSPS) is 20.6. The van der Waals surface area contributed by atoms with Crippen LogP contribution in [0.3, 0.4) is 0 Å². The van der Waals surface area contributed by atoms with E-state index in [1.54, 1.807) is 7.11 Å². The molecule has 0 aliphatic carbocycles. The minimum Gasteiger partial charge on any atom is -0.497 e. The van der Waals surface area contributed by atoms with Crippen molar-refractivity contribution in [3.8, 4) is 5.75 Å². The van der Waals surface area contributed by atoms with Crippen LogP contribution in [0.1, 0.15) is 56.7 Å². The Bertz CT molecular complexity index is 1410. The number of aryl methyl sites for hydroxylation is 1. The average Bonchev–Trinajstić information content (AvgIpc) is 3.40. The molecule has 0 saturated carbocycles. The highest BCUT2D eigenvalue weighted by atomic mass is 16.5. The van der Waals surface area contributed by atoms with E-state index in [0.717, 1.165) is 28.9 Å². The van der Waals surface area contributed by atoms with Crippen molar-refractivity contribution in [1.29, 1.82) is 0 Å². The molecule has 1 aliphatic heterocycles. The van der Waals surface area contributed by atoms with Gasteiger partial charge in [0, 0.05) is 26.6 Å². The Morgan fingerprint density at radius 3 is 2.30 bits per heavy atom. The van der Waals surface area contributed by atoms with E-state index in [1.165, 1.54) is 6.92 Å². The molecule has 0 spiro atoms. The molecule has 254 valence electrons. The van der Waals surface area contributed by atoms with Gasteiger partial charge in [-0.2, -0.15) is 0 Å². The van der Waals surface area contributed by atoms with Crippen molar-refractivity contribution in [2.75, 3.05) is 20.2 Å². The van der Waals surface area contributed by atoms with Crippen LogP contribution in [0, 0.1) is 5.92 Å². The van der Waals surface area contributed by atoms with E-state index in [2.05, 4.69) is 16.0 Å². The maximum atomic E-state index is 14.3. The molecule has 6 atom stereocenters. The van der Waals surface area contributed by atoms with E-state index in [9.17, 15) is 19.8 Å². The number of likely N-dealkylation sites (tertiary alicyclic amines) is 1. The quantitative estimate of drug-likeness (QED) is 0.152. The molecular formula is C38H52N4O5. The molecule has 0 bridgehead atoms. The van der Waals surface area contributed by atoms with Crippen molar-refractivity contribution >= 4 is 11.8 Å². The summed E-state index contributed by atoms with van der Waals surface area (Å²) in [6.45, 7) is 6.79. The Balaban J connectivity index is 1.56. The number of aliphatic hydroxyl groups excluding tert-OH is 2. The number of nitrogens with zero attached hydrogens (tertiary/aromatic N) is 1. The van der Waals surface area contributed by atoms with Gasteiger partial charge in [0.1, 0.15) is 12.0 Å². The van der Waals surface area contributed by atoms with Gasteiger partial charge in [-0.1, -0.05) is 93.1 Å². The van der Waals surface area contributed by atoms with E-state index < -0.39 is 30.0 Å². The summed E-state index contributed by atoms with van der Waals surface area (Å²) in [4.78, 5) is 28.5. The number of hydrogen-bond acceptors (Lipinski definition) is 7. The van der Waals surface area contributed by atoms with Gasteiger partial charge < -0.3 is 30.9 Å². The van der Waals surface area contributed by atoms with Crippen LogP contribution in [0.4, 0.5) is 0 Å². The molecule has 3 aromatic rings. The zero-order valence-electron chi connectivity index (χ0n) is 28.2. The fourth-order valence-electron chi connectivity index (χ4n) is 6.75. The molecule has 3 aromatic carbocycles. The second kappa shape index (κ2) is 17.4. The van der Waals surface area contributed by atoms with Crippen molar-refractivity contribution in [2.24, 2.45) is 5.92 Å². The number of rotatable bonds is 17. The fraction of sp³-hybridized carbons (Fsp3) is 0.474. The molecule has 1 aliphatic rings. The summed E-state index contributed by atoms with van der Waals surface area (Å²) >= 11 is 0. The Hall–Kier alpha value is -3.76. The van der Waals surface area contributed by atoms with Crippen LogP contribution in [-0.2, 0) is 29.0 Å². The molecule has 47 heavy (non-hydrogen) atoms. The zero-order valence-corrected chi connectivity index (χ0v) is 28.2. The van der Waals surface area contributed by atoms with Crippen LogP contribution in [0.15, 0.2) is 84.9 Å². The van der Waals surface area contributed by atoms with Gasteiger partial charge in [0.2, 0.25) is 11.8 Å². The number of carbonyl (C=O) groups excluding carboxylic acids is 2. The first-order valence-corrected chi connectivity index (χ1v) is 16.8. The summed E-state index contributed by atoms with van der Waals surface area (Å²) in [6, 6.07) is 26.3. The molecule has 5 N–H and O–H groups in total. The molecule has 2 amide bonds. The van der Waals surface area contributed by atoms with E-state index >= 15 is 0 Å². The molecule has 1 saturated heterocycles. The van der Waals surface area contributed by atoms with Crippen molar-refractivity contribution in [3.63, 3.8) is 0 Å². The van der Waals surface area contributed by atoms with Gasteiger partial charge in [-0.3, -0.25) is 14.5 Å². The first-order valence-electron chi connectivity index (χ1n) is 16.8. The van der Waals surface area contributed by atoms with Gasteiger partial charge in [0.15, 0.2) is 0 Å². The van der Waals surface area contributed by atoms with Crippen molar-refractivity contribution in [1.82, 2.24) is 20.9 Å². The largest absolute Gasteiger partial charge is 0.497 e. The van der Waals surface area contributed by atoms with Gasteiger partial charge in [0.25, 0.3) is 0 Å². The highest BCUT2D eigenvalue weighted by Crippen LogP contribution is 2.37. The van der Waals surface area contributed by atoms with Gasteiger partial charge in [0.05, 0.1) is 30.8 Å². The maximum Gasteiger partial charge on any atom is 0.237 e. The molecule has 1 fully saturated rings. The van der Waals surface area contributed by atoms with Crippen molar-refractivity contribution in [2.45, 2.75) is 89.4 Å². The average molecular weight is 645 g/mol. The van der Waals surface area contributed by atoms with E-state index in [4.69, 9.17) is 4.74 Å². The Kier molecular flexibility index (Phi) is 13.4. The number of amides is 2. The minimum atomic E-state index is -1.05. The Morgan fingerprint density at radius 1 is 1.00 bits per heavy atom. The van der Waals surface area contributed by atoms with E-state index in [0.29, 0.717) is 38.8 Å². The van der Waals surface area contributed by atoms with Crippen LogP contribution >= 0.6 is 0 Å². The molecule has 4 rings (SSSR count). The summed E-state index contributed by atoms with van der Waals surface area (Å²) in [6.07, 6.45) is 0.892. The third-order valence-corrected chi connectivity index (χ3v) is 9.62. The van der Waals surface area contributed by atoms with E-state index in [-0.39, 0.29) is 24.3 Å². The number of carbonyl (C=O) groups is 2. The second-order valence-corrected chi connectivity index (χ2v) is 12.8. The van der Waals surface area contributed by atoms with Crippen molar-refractivity contribution in [3.05, 3.63) is 102 Å². The van der Waals surface area contributed by atoms with Crippen LogP contribution in [0.2, 0.25) is 0 Å². The summed E-state index contributed by atoms with van der Waals surface area (Å²) < 4.78 is 5.33. The molecule has 1 unspecified atom stereocenters. The molecule has 0 aromatic heterocycles. The fourth-order valence-corrected chi connectivity index (χ4v) is 6.75. The lowest BCUT2D eigenvalue weighted by Crippen LogP contribution is -2.63. The van der Waals surface area contributed by atoms with Crippen LogP contribution in [0.5, 0.6) is 5.75 Å². The SMILES string of the molecule is CC[C@H](C)[C@@]1(NC(C)=O)CCN([C@@H](CCc2ccccc2)C(=O)N[C@@H](Cc2ccccc2)[C@H](O)CNCc2cccc(OC)c2)C1O.